The Bertz CT molecular complexity index is 581. The summed E-state index contributed by atoms with van der Waals surface area (Å²) < 4.78 is 4.97. The summed E-state index contributed by atoms with van der Waals surface area (Å²) in [6.45, 7) is 0.0615. The number of amides is 2. The molecule has 8 nitrogen and oxygen atoms in total. The van der Waals surface area contributed by atoms with Crippen LogP contribution in [0.1, 0.15) is 16.3 Å². The minimum Gasteiger partial charge on any atom is -0.475 e. The molecule has 2 aromatic heterocycles. The second-order valence-corrected chi connectivity index (χ2v) is 3.45. The van der Waals surface area contributed by atoms with Crippen molar-refractivity contribution in [3.05, 3.63) is 42.1 Å². The molecular formula is C11H10N4O4. The Labute approximate surface area is 107 Å². The fraction of sp³-hybridized carbons (Fsp3) is 0.0909. The molecule has 2 heterocycles. The average molecular weight is 262 g/mol. The molecule has 2 aromatic rings. The first kappa shape index (κ1) is 12.6. The molecule has 0 bridgehead atoms. The van der Waals surface area contributed by atoms with Gasteiger partial charge in [-0.3, -0.25) is 5.32 Å². The number of urea groups is 1. The van der Waals surface area contributed by atoms with E-state index in [2.05, 4.69) is 20.6 Å². The van der Waals surface area contributed by atoms with Crippen molar-refractivity contribution >= 4 is 17.9 Å². The van der Waals surface area contributed by atoms with Gasteiger partial charge in [-0.05, 0) is 18.2 Å². The van der Waals surface area contributed by atoms with Gasteiger partial charge >= 0.3 is 12.0 Å². The summed E-state index contributed by atoms with van der Waals surface area (Å²) in [5.74, 6) is -0.829. The highest BCUT2D eigenvalue weighted by Crippen LogP contribution is 2.07. The van der Waals surface area contributed by atoms with Gasteiger partial charge in [0.1, 0.15) is 5.76 Å². The van der Waals surface area contributed by atoms with Crippen LogP contribution in [-0.2, 0) is 6.54 Å². The molecular weight excluding hydrogens is 252 g/mol. The van der Waals surface area contributed by atoms with Crippen LogP contribution in [0.5, 0.6) is 0 Å². The Morgan fingerprint density at radius 3 is 2.63 bits per heavy atom. The normalized spacial score (nSPS) is 9.89. The molecule has 0 aliphatic rings. The van der Waals surface area contributed by atoms with Crippen molar-refractivity contribution in [2.24, 2.45) is 0 Å². The van der Waals surface area contributed by atoms with E-state index in [-0.39, 0.29) is 18.3 Å². The molecule has 0 aromatic carbocycles. The van der Waals surface area contributed by atoms with Crippen molar-refractivity contribution in [1.82, 2.24) is 15.3 Å². The topological polar surface area (TPSA) is 117 Å². The molecule has 8 heteroatoms. The third kappa shape index (κ3) is 3.53. The number of carbonyl (C=O) groups excluding carboxylic acids is 1. The zero-order chi connectivity index (χ0) is 13.7. The summed E-state index contributed by atoms with van der Waals surface area (Å²) >= 11 is 0. The zero-order valence-corrected chi connectivity index (χ0v) is 9.66. The van der Waals surface area contributed by atoms with Crippen LogP contribution >= 0.6 is 0 Å². The number of nitrogens with zero attached hydrogens (tertiary/aromatic N) is 2. The number of carboxylic acids is 1. The van der Waals surface area contributed by atoms with E-state index in [1.54, 1.807) is 6.07 Å². The van der Waals surface area contributed by atoms with Gasteiger partial charge in [-0.25, -0.2) is 19.6 Å². The van der Waals surface area contributed by atoms with Crippen LogP contribution < -0.4 is 10.6 Å². The Balaban J connectivity index is 1.84. The van der Waals surface area contributed by atoms with Crippen molar-refractivity contribution in [1.29, 1.82) is 0 Å². The number of furan rings is 1. The molecule has 0 fully saturated rings. The smallest absolute Gasteiger partial charge is 0.371 e. The summed E-state index contributed by atoms with van der Waals surface area (Å²) in [7, 11) is 0. The van der Waals surface area contributed by atoms with E-state index < -0.39 is 12.0 Å². The Hall–Kier alpha value is -2.90. The van der Waals surface area contributed by atoms with Crippen LogP contribution in [-0.4, -0.2) is 27.1 Å². The summed E-state index contributed by atoms with van der Waals surface area (Å²) in [6.07, 6.45) is 2.99. The van der Waals surface area contributed by atoms with Gasteiger partial charge in [-0.15, -0.1) is 0 Å². The number of rotatable bonds is 4. The van der Waals surface area contributed by atoms with E-state index >= 15 is 0 Å². The molecule has 0 aliphatic carbocycles. The third-order valence-corrected chi connectivity index (χ3v) is 2.09. The lowest BCUT2D eigenvalue weighted by molar-refractivity contribution is 0.0660. The lowest BCUT2D eigenvalue weighted by Crippen LogP contribution is -2.28. The molecule has 2 rings (SSSR count). The number of carboxylic acid groups (broad SMARTS) is 1. The maximum Gasteiger partial charge on any atom is 0.371 e. The molecule has 0 saturated heterocycles. The lowest BCUT2D eigenvalue weighted by Gasteiger charge is -2.04. The van der Waals surface area contributed by atoms with Crippen molar-refractivity contribution in [2.75, 3.05) is 5.32 Å². The van der Waals surface area contributed by atoms with Crippen molar-refractivity contribution in [3.8, 4) is 0 Å². The van der Waals surface area contributed by atoms with Crippen LogP contribution in [0.2, 0.25) is 0 Å². The van der Waals surface area contributed by atoms with E-state index in [1.807, 2.05) is 0 Å². The second-order valence-electron chi connectivity index (χ2n) is 3.45. The quantitative estimate of drug-likeness (QED) is 0.759. The molecule has 0 aliphatic heterocycles. The lowest BCUT2D eigenvalue weighted by atomic mass is 10.4. The van der Waals surface area contributed by atoms with Gasteiger partial charge in [-0.2, -0.15) is 0 Å². The maximum atomic E-state index is 11.5. The molecule has 0 atom stereocenters. The highest BCUT2D eigenvalue weighted by atomic mass is 16.4. The summed E-state index contributed by atoms with van der Waals surface area (Å²) in [4.78, 5) is 29.7. The molecule has 0 unspecified atom stereocenters. The first-order valence-electron chi connectivity index (χ1n) is 5.29. The van der Waals surface area contributed by atoms with E-state index in [0.29, 0.717) is 5.76 Å². The molecule has 0 saturated carbocycles. The Kier molecular flexibility index (Phi) is 3.72. The predicted octanol–water partition coefficient (Wildman–Crippen LogP) is 1.09. The number of hydrogen-bond acceptors (Lipinski definition) is 5. The maximum absolute atomic E-state index is 11.5. The van der Waals surface area contributed by atoms with Gasteiger partial charge in [0.25, 0.3) is 0 Å². The molecule has 19 heavy (non-hydrogen) atoms. The van der Waals surface area contributed by atoms with Crippen molar-refractivity contribution in [2.45, 2.75) is 6.54 Å². The number of carbonyl (C=O) groups is 2. The standard InChI is InChI=1S/C11H10N4O4/c16-9(17)8-3-2-7(19-8)6-14-11(18)15-10-12-4-1-5-13-10/h1-5H,6H2,(H,16,17)(H2,12,13,14,15,18). The third-order valence-electron chi connectivity index (χ3n) is 2.09. The number of nitrogens with one attached hydrogen (secondary N) is 2. The van der Waals surface area contributed by atoms with Crippen LogP contribution in [0.15, 0.2) is 35.0 Å². The van der Waals surface area contributed by atoms with Crippen LogP contribution in [0.25, 0.3) is 0 Å². The van der Waals surface area contributed by atoms with E-state index in [0.717, 1.165) is 0 Å². The van der Waals surface area contributed by atoms with Crippen molar-refractivity contribution < 1.29 is 19.1 Å². The van der Waals surface area contributed by atoms with Gasteiger partial charge in [0, 0.05) is 12.4 Å². The van der Waals surface area contributed by atoms with E-state index in [4.69, 9.17) is 9.52 Å². The summed E-state index contributed by atoms with van der Waals surface area (Å²) in [6, 6.07) is 3.90. The first-order valence-corrected chi connectivity index (χ1v) is 5.29. The first-order chi connectivity index (χ1) is 9.15. The molecule has 98 valence electrons. The summed E-state index contributed by atoms with van der Waals surface area (Å²) in [5, 5.41) is 13.6. The zero-order valence-electron chi connectivity index (χ0n) is 9.66. The van der Waals surface area contributed by atoms with Gasteiger partial charge in [0.05, 0.1) is 6.54 Å². The predicted molar refractivity (Wildman–Crippen MR) is 63.6 cm³/mol. The van der Waals surface area contributed by atoms with Gasteiger partial charge in [-0.1, -0.05) is 0 Å². The minimum absolute atomic E-state index is 0.0615. The average Bonchev–Trinajstić information content (AvgIpc) is 2.86. The summed E-state index contributed by atoms with van der Waals surface area (Å²) in [5.41, 5.74) is 0. The number of hydrogen-bond donors (Lipinski definition) is 3. The van der Waals surface area contributed by atoms with Crippen LogP contribution in [0.3, 0.4) is 0 Å². The fourth-order valence-electron chi connectivity index (χ4n) is 1.26. The van der Waals surface area contributed by atoms with E-state index in [9.17, 15) is 9.59 Å². The van der Waals surface area contributed by atoms with Crippen molar-refractivity contribution in [3.63, 3.8) is 0 Å². The Morgan fingerprint density at radius 1 is 1.26 bits per heavy atom. The fourth-order valence-corrected chi connectivity index (χ4v) is 1.26. The van der Waals surface area contributed by atoms with Gasteiger partial charge < -0.3 is 14.8 Å². The highest BCUT2D eigenvalue weighted by Gasteiger charge is 2.10. The monoisotopic (exact) mass is 262 g/mol. The largest absolute Gasteiger partial charge is 0.475 e. The minimum atomic E-state index is -1.16. The van der Waals surface area contributed by atoms with Gasteiger partial charge in [0.2, 0.25) is 11.7 Å². The molecule has 0 radical (unpaired) electrons. The second kappa shape index (κ2) is 5.63. The Morgan fingerprint density at radius 2 is 2.00 bits per heavy atom. The number of anilines is 1. The molecule has 0 spiro atoms. The highest BCUT2D eigenvalue weighted by molar-refractivity contribution is 5.87. The number of aromatic nitrogens is 2. The van der Waals surface area contributed by atoms with E-state index in [1.165, 1.54) is 24.5 Å². The van der Waals surface area contributed by atoms with Gasteiger partial charge in [0.15, 0.2) is 0 Å². The molecule has 3 N–H and O–H groups in total. The SMILES string of the molecule is O=C(NCc1ccc(C(=O)O)o1)Nc1ncccn1. The molecule has 2 amide bonds. The van der Waals surface area contributed by atoms with Crippen LogP contribution in [0, 0.1) is 0 Å². The van der Waals surface area contributed by atoms with Crippen LogP contribution in [0.4, 0.5) is 10.7 Å². The number of aromatic carboxylic acids is 1.